The molecule has 1 aliphatic heterocycles. The van der Waals surface area contributed by atoms with Crippen LogP contribution in [0.25, 0.3) is 0 Å². The van der Waals surface area contributed by atoms with Gasteiger partial charge in [0.2, 0.25) is 0 Å². The number of unbranched alkanes of at least 4 members (excludes halogenated alkanes) is 1. The van der Waals surface area contributed by atoms with Crippen molar-refractivity contribution < 1.29 is 4.74 Å². The third-order valence-corrected chi connectivity index (χ3v) is 3.50. The molecule has 0 aliphatic carbocycles. The number of ether oxygens (including phenoxy) is 1. The van der Waals surface area contributed by atoms with E-state index >= 15 is 0 Å². The number of hydrogen-bond donors (Lipinski definition) is 1. The van der Waals surface area contributed by atoms with E-state index < -0.39 is 0 Å². The first-order valence-electron chi connectivity index (χ1n) is 7.39. The summed E-state index contributed by atoms with van der Waals surface area (Å²) >= 11 is 0. The number of hydrogen-bond acceptors (Lipinski definition) is 3. The van der Waals surface area contributed by atoms with Gasteiger partial charge in [-0.1, -0.05) is 33.6 Å². The zero-order valence-corrected chi connectivity index (χ0v) is 11.9. The van der Waals surface area contributed by atoms with Gasteiger partial charge in [-0.2, -0.15) is 0 Å². The normalized spacial score (nSPS) is 23.8. The zero-order chi connectivity index (χ0) is 12.5. The highest BCUT2D eigenvalue weighted by Gasteiger charge is 2.26. The van der Waals surface area contributed by atoms with Gasteiger partial charge in [0.1, 0.15) is 0 Å². The van der Waals surface area contributed by atoms with Crippen LogP contribution in [0.2, 0.25) is 0 Å². The van der Waals surface area contributed by atoms with Crippen LogP contribution in [-0.4, -0.2) is 49.8 Å². The standard InChI is InChI=1S/C14H30N2O/c1-4-7-8-13(15-6-3)14-12-16(9-5-2)10-11-17-14/h13-15H,4-12H2,1-3H3. The van der Waals surface area contributed by atoms with E-state index in [0.717, 1.165) is 26.2 Å². The van der Waals surface area contributed by atoms with Crippen molar-refractivity contribution in [2.45, 2.75) is 58.6 Å². The summed E-state index contributed by atoms with van der Waals surface area (Å²) in [5.41, 5.74) is 0. The molecule has 1 aliphatic rings. The van der Waals surface area contributed by atoms with E-state index in [0.29, 0.717) is 12.1 Å². The highest BCUT2D eigenvalue weighted by molar-refractivity contribution is 4.82. The minimum absolute atomic E-state index is 0.391. The predicted octanol–water partition coefficient (Wildman–Crippen LogP) is 2.27. The molecule has 17 heavy (non-hydrogen) atoms. The molecule has 0 aromatic carbocycles. The molecule has 1 saturated heterocycles. The fourth-order valence-corrected chi connectivity index (χ4v) is 2.60. The van der Waals surface area contributed by atoms with E-state index in [2.05, 4.69) is 31.0 Å². The molecule has 0 spiro atoms. The zero-order valence-electron chi connectivity index (χ0n) is 11.9. The largest absolute Gasteiger partial charge is 0.374 e. The van der Waals surface area contributed by atoms with Crippen LogP contribution in [0, 0.1) is 0 Å². The van der Waals surface area contributed by atoms with E-state index in [9.17, 15) is 0 Å². The Kier molecular flexibility index (Phi) is 7.82. The van der Waals surface area contributed by atoms with Gasteiger partial charge in [-0.3, -0.25) is 4.90 Å². The molecule has 0 radical (unpaired) electrons. The fourth-order valence-electron chi connectivity index (χ4n) is 2.60. The average molecular weight is 242 g/mol. The van der Waals surface area contributed by atoms with Gasteiger partial charge in [-0.15, -0.1) is 0 Å². The third kappa shape index (κ3) is 5.36. The summed E-state index contributed by atoms with van der Waals surface area (Å²) in [6.07, 6.45) is 5.45. The molecule has 0 bridgehead atoms. The molecule has 0 saturated carbocycles. The van der Waals surface area contributed by atoms with Crippen molar-refractivity contribution in [3.63, 3.8) is 0 Å². The maximum absolute atomic E-state index is 5.96. The van der Waals surface area contributed by atoms with E-state index in [1.54, 1.807) is 0 Å². The monoisotopic (exact) mass is 242 g/mol. The number of rotatable bonds is 8. The molecular formula is C14H30N2O. The SMILES string of the molecule is CCCCC(NCC)C1CN(CCC)CCO1. The average Bonchev–Trinajstić information content (AvgIpc) is 2.35. The van der Waals surface area contributed by atoms with Crippen LogP contribution < -0.4 is 5.32 Å². The first-order chi connectivity index (χ1) is 8.31. The van der Waals surface area contributed by atoms with Gasteiger partial charge in [-0.05, 0) is 25.9 Å². The Bertz CT molecular complexity index is 185. The lowest BCUT2D eigenvalue weighted by molar-refractivity contribution is -0.0476. The molecule has 2 atom stereocenters. The van der Waals surface area contributed by atoms with Crippen molar-refractivity contribution in [1.82, 2.24) is 10.2 Å². The molecule has 1 N–H and O–H groups in total. The summed E-state index contributed by atoms with van der Waals surface area (Å²) in [5, 5.41) is 3.60. The van der Waals surface area contributed by atoms with Crippen LogP contribution in [0.15, 0.2) is 0 Å². The molecule has 1 fully saturated rings. The lowest BCUT2D eigenvalue weighted by Crippen LogP contribution is -2.52. The fraction of sp³-hybridized carbons (Fsp3) is 1.00. The predicted molar refractivity (Wildman–Crippen MR) is 73.5 cm³/mol. The van der Waals surface area contributed by atoms with Crippen LogP contribution in [0.3, 0.4) is 0 Å². The Hall–Kier alpha value is -0.120. The summed E-state index contributed by atoms with van der Waals surface area (Å²) in [6, 6.07) is 0.541. The highest BCUT2D eigenvalue weighted by atomic mass is 16.5. The van der Waals surface area contributed by atoms with Crippen LogP contribution in [0.4, 0.5) is 0 Å². The number of nitrogens with one attached hydrogen (secondary N) is 1. The van der Waals surface area contributed by atoms with Gasteiger partial charge in [0.25, 0.3) is 0 Å². The minimum atomic E-state index is 0.391. The van der Waals surface area contributed by atoms with Crippen LogP contribution in [0.1, 0.15) is 46.5 Å². The lowest BCUT2D eigenvalue weighted by atomic mass is 10.0. The lowest BCUT2D eigenvalue weighted by Gasteiger charge is -2.37. The summed E-state index contributed by atoms with van der Waals surface area (Å²) in [4.78, 5) is 2.55. The van der Waals surface area contributed by atoms with Crippen LogP contribution in [0.5, 0.6) is 0 Å². The minimum Gasteiger partial charge on any atom is -0.374 e. The number of morpholine rings is 1. The molecule has 1 heterocycles. The topological polar surface area (TPSA) is 24.5 Å². The summed E-state index contributed by atoms with van der Waals surface area (Å²) < 4.78 is 5.96. The molecular weight excluding hydrogens is 212 g/mol. The second kappa shape index (κ2) is 8.90. The smallest absolute Gasteiger partial charge is 0.0855 e. The van der Waals surface area contributed by atoms with E-state index in [4.69, 9.17) is 4.74 Å². The maximum atomic E-state index is 5.96. The van der Waals surface area contributed by atoms with Gasteiger partial charge in [0, 0.05) is 19.1 Å². The molecule has 0 aromatic heterocycles. The molecule has 3 nitrogen and oxygen atoms in total. The first kappa shape index (κ1) is 14.9. The second-order valence-corrected chi connectivity index (χ2v) is 5.02. The van der Waals surface area contributed by atoms with Crippen molar-refractivity contribution in [3.05, 3.63) is 0 Å². The Morgan fingerprint density at radius 1 is 1.29 bits per heavy atom. The van der Waals surface area contributed by atoms with Gasteiger partial charge < -0.3 is 10.1 Å². The number of nitrogens with zero attached hydrogens (tertiary/aromatic N) is 1. The summed E-state index contributed by atoms with van der Waals surface area (Å²) in [7, 11) is 0. The molecule has 1 rings (SSSR count). The van der Waals surface area contributed by atoms with E-state index in [-0.39, 0.29) is 0 Å². The third-order valence-electron chi connectivity index (χ3n) is 3.50. The summed E-state index contributed by atoms with van der Waals surface area (Å²) in [6.45, 7) is 12.1. The van der Waals surface area contributed by atoms with Crippen molar-refractivity contribution in [1.29, 1.82) is 0 Å². The second-order valence-electron chi connectivity index (χ2n) is 5.02. The van der Waals surface area contributed by atoms with Crippen LogP contribution in [-0.2, 0) is 4.74 Å². The van der Waals surface area contributed by atoms with Crippen molar-refractivity contribution in [2.24, 2.45) is 0 Å². The quantitative estimate of drug-likeness (QED) is 0.706. The van der Waals surface area contributed by atoms with Gasteiger partial charge in [0.15, 0.2) is 0 Å². The molecule has 102 valence electrons. The molecule has 3 heteroatoms. The Morgan fingerprint density at radius 2 is 2.12 bits per heavy atom. The molecule has 0 amide bonds. The van der Waals surface area contributed by atoms with Crippen molar-refractivity contribution >= 4 is 0 Å². The number of likely N-dealkylation sites (N-methyl/N-ethyl adjacent to an activating group) is 1. The van der Waals surface area contributed by atoms with E-state index in [1.165, 1.54) is 32.2 Å². The molecule has 0 aromatic rings. The summed E-state index contributed by atoms with van der Waals surface area (Å²) in [5.74, 6) is 0. The van der Waals surface area contributed by atoms with Crippen LogP contribution >= 0.6 is 0 Å². The van der Waals surface area contributed by atoms with Crippen molar-refractivity contribution in [3.8, 4) is 0 Å². The Labute approximate surface area is 107 Å². The van der Waals surface area contributed by atoms with E-state index in [1.807, 2.05) is 0 Å². The maximum Gasteiger partial charge on any atom is 0.0855 e. The molecule has 2 unspecified atom stereocenters. The van der Waals surface area contributed by atoms with Gasteiger partial charge in [-0.25, -0.2) is 0 Å². The first-order valence-corrected chi connectivity index (χ1v) is 7.39. The Balaban J connectivity index is 2.41. The Morgan fingerprint density at radius 3 is 2.76 bits per heavy atom. The van der Waals surface area contributed by atoms with Gasteiger partial charge >= 0.3 is 0 Å². The van der Waals surface area contributed by atoms with Crippen molar-refractivity contribution in [2.75, 3.05) is 32.8 Å². The van der Waals surface area contributed by atoms with Gasteiger partial charge in [0.05, 0.1) is 12.7 Å². The highest BCUT2D eigenvalue weighted by Crippen LogP contribution is 2.14.